The average Bonchev–Trinajstić information content (AvgIpc) is 2.65. The van der Waals surface area contributed by atoms with Gasteiger partial charge in [-0.15, -0.1) is 0 Å². The van der Waals surface area contributed by atoms with Gasteiger partial charge >= 0.3 is 12.1 Å². The monoisotopic (exact) mass is 282 g/mol. The third-order valence-electron chi connectivity index (χ3n) is 1.89. The predicted octanol–water partition coefficient (Wildman–Crippen LogP) is 1.55. The third-order valence-corrected chi connectivity index (χ3v) is 1.89. The topological polar surface area (TPSA) is 87.6 Å². The summed E-state index contributed by atoms with van der Waals surface area (Å²) in [5, 5.41) is 0. The average molecular weight is 282 g/mol. The summed E-state index contributed by atoms with van der Waals surface area (Å²) in [4.78, 5) is 15.1. The van der Waals surface area contributed by atoms with Crippen LogP contribution in [0.25, 0.3) is 0 Å². The van der Waals surface area contributed by atoms with Crippen LogP contribution in [0.3, 0.4) is 0 Å². The van der Waals surface area contributed by atoms with Gasteiger partial charge in [0.2, 0.25) is 11.6 Å². The van der Waals surface area contributed by atoms with Crippen LogP contribution in [0.15, 0.2) is 4.42 Å². The fraction of sp³-hybridized carbons (Fsp3) is 0.600. The van der Waals surface area contributed by atoms with E-state index in [2.05, 4.69) is 14.5 Å². The molecule has 0 spiro atoms. The molecule has 0 amide bonds. The Labute approximate surface area is 106 Å². The number of hydrogen-bond acceptors (Lipinski definition) is 6. The SMILES string of the molecule is CCOC(=O)c1nc(CCOCC(F)(F)F)oc1N. The summed E-state index contributed by atoms with van der Waals surface area (Å²) in [6.45, 7) is 0.158. The number of anilines is 1. The van der Waals surface area contributed by atoms with E-state index >= 15 is 0 Å². The van der Waals surface area contributed by atoms with Crippen LogP contribution in [0.5, 0.6) is 0 Å². The van der Waals surface area contributed by atoms with E-state index in [1.54, 1.807) is 6.92 Å². The number of oxazole rings is 1. The maximum absolute atomic E-state index is 11.8. The van der Waals surface area contributed by atoms with E-state index in [4.69, 9.17) is 10.2 Å². The molecule has 0 aromatic carbocycles. The highest BCUT2D eigenvalue weighted by molar-refractivity contribution is 5.91. The van der Waals surface area contributed by atoms with E-state index in [0.717, 1.165) is 0 Å². The first kappa shape index (κ1) is 15.3. The number of rotatable bonds is 6. The Bertz CT molecular complexity index is 431. The normalized spacial score (nSPS) is 11.6. The Balaban J connectivity index is 2.48. The van der Waals surface area contributed by atoms with Gasteiger partial charge in [-0.2, -0.15) is 13.2 Å². The number of nitrogens with zero attached hydrogens (tertiary/aromatic N) is 1. The Morgan fingerprint density at radius 3 is 2.74 bits per heavy atom. The minimum Gasteiger partial charge on any atom is -0.461 e. The Morgan fingerprint density at radius 2 is 2.16 bits per heavy atom. The Kier molecular flexibility index (Phi) is 5.16. The summed E-state index contributed by atoms with van der Waals surface area (Å²) in [5.74, 6) is -0.960. The standard InChI is InChI=1S/C10H13F3N2O4/c1-2-18-9(16)7-8(14)19-6(15-7)3-4-17-5-10(11,12)13/h2-5,14H2,1H3. The lowest BCUT2D eigenvalue weighted by molar-refractivity contribution is -0.173. The lowest BCUT2D eigenvalue weighted by Crippen LogP contribution is -2.18. The molecule has 1 aromatic rings. The summed E-state index contributed by atoms with van der Waals surface area (Å²) in [5.41, 5.74) is 5.21. The van der Waals surface area contributed by atoms with Crippen LogP contribution < -0.4 is 5.73 Å². The molecular formula is C10H13F3N2O4. The van der Waals surface area contributed by atoms with Gasteiger partial charge in [-0.05, 0) is 6.92 Å². The van der Waals surface area contributed by atoms with Crippen molar-refractivity contribution in [3.63, 3.8) is 0 Å². The maximum atomic E-state index is 11.8. The van der Waals surface area contributed by atoms with E-state index < -0.39 is 18.8 Å². The van der Waals surface area contributed by atoms with Gasteiger partial charge in [-0.25, -0.2) is 9.78 Å². The molecule has 0 aliphatic heterocycles. The van der Waals surface area contributed by atoms with E-state index in [-0.39, 0.29) is 37.1 Å². The van der Waals surface area contributed by atoms with Crippen molar-refractivity contribution in [3.05, 3.63) is 11.6 Å². The number of esters is 1. The number of carbonyl (C=O) groups excluding carboxylic acids is 1. The number of halogens is 3. The highest BCUT2D eigenvalue weighted by Gasteiger charge is 2.27. The summed E-state index contributed by atoms with van der Waals surface area (Å²) in [6, 6.07) is 0. The van der Waals surface area contributed by atoms with E-state index in [1.165, 1.54) is 0 Å². The number of nitrogens with two attached hydrogens (primary N) is 1. The lowest BCUT2D eigenvalue weighted by atomic mass is 10.4. The Morgan fingerprint density at radius 1 is 1.47 bits per heavy atom. The van der Waals surface area contributed by atoms with Crippen molar-refractivity contribution < 1.29 is 31.9 Å². The molecule has 6 nitrogen and oxygen atoms in total. The molecule has 0 aliphatic rings. The van der Waals surface area contributed by atoms with Gasteiger partial charge in [0.1, 0.15) is 6.61 Å². The first-order valence-electron chi connectivity index (χ1n) is 5.40. The van der Waals surface area contributed by atoms with Gasteiger partial charge in [0, 0.05) is 6.42 Å². The number of alkyl halides is 3. The van der Waals surface area contributed by atoms with E-state index in [0.29, 0.717) is 0 Å². The van der Waals surface area contributed by atoms with Crippen molar-refractivity contribution >= 4 is 11.9 Å². The maximum Gasteiger partial charge on any atom is 0.411 e. The minimum atomic E-state index is -4.38. The summed E-state index contributed by atoms with van der Waals surface area (Å²) >= 11 is 0. The number of carbonyl (C=O) groups is 1. The second kappa shape index (κ2) is 6.41. The zero-order valence-corrected chi connectivity index (χ0v) is 10.1. The zero-order valence-electron chi connectivity index (χ0n) is 10.1. The molecule has 19 heavy (non-hydrogen) atoms. The van der Waals surface area contributed by atoms with Crippen molar-refractivity contribution in [2.75, 3.05) is 25.6 Å². The molecule has 0 bridgehead atoms. The molecule has 0 saturated heterocycles. The van der Waals surface area contributed by atoms with Crippen molar-refractivity contribution in [3.8, 4) is 0 Å². The van der Waals surface area contributed by atoms with Crippen LogP contribution in [0.2, 0.25) is 0 Å². The van der Waals surface area contributed by atoms with Crippen LogP contribution in [0.1, 0.15) is 23.3 Å². The molecule has 1 heterocycles. The smallest absolute Gasteiger partial charge is 0.411 e. The minimum absolute atomic E-state index is 0.0164. The highest BCUT2D eigenvalue weighted by Crippen LogP contribution is 2.16. The first-order valence-corrected chi connectivity index (χ1v) is 5.40. The molecular weight excluding hydrogens is 269 g/mol. The van der Waals surface area contributed by atoms with Gasteiger partial charge in [0.15, 0.2) is 5.89 Å². The van der Waals surface area contributed by atoms with Crippen LogP contribution in [-0.2, 0) is 15.9 Å². The first-order chi connectivity index (χ1) is 8.83. The molecule has 0 unspecified atom stereocenters. The van der Waals surface area contributed by atoms with Gasteiger partial charge in [-0.3, -0.25) is 0 Å². The molecule has 2 N–H and O–H groups in total. The number of nitrogen functional groups attached to an aromatic ring is 1. The van der Waals surface area contributed by atoms with Crippen LogP contribution >= 0.6 is 0 Å². The molecule has 1 aromatic heterocycles. The quantitative estimate of drug-likeness (QED) is 0.629. The summed E-state index contributed by atoms with van der Waals surface area (Å²) < 4.78 is 49.4. The molecule has 0 fully saturated rings. The summed E-state index contributed by atoms with van der Waals surface area (Å²) in [6.07, 6.45) is -4.41. The number of hydrogen-bond donors (Lipinski definition) is 1. The molecule has 0 radical (unpaired) electrons. The molecule has 0 saturated carbocycles. The van der Waals surface area contributed by atoms with Gasteiger partial charge in [-0.1, -0.05) is 0 Å². The number of aromatic nitrogens is 1. The molecule has 9 heteroatoms. The van der Waals surface area contributed by atoms with E-state index in [9.17, 15) is 18.0 Å². The van der Waals surface area contributed by atoms with Crippen molar-refractivity contribution in [1.29, 1.82) is 0 Å². The second-order valence-corrected chi connectivity index (χ2v) is 3.46. The van der Waals surface area contributed by atoms with Crippen molar-refractivity contribution in [1.82, 2.24) is 4.98 Å². The third kappa shape index (κ3) is 5.16. The van der Waals surface area contributed by atoms with Gasteiger partial charge in [0.05, 0.1) is 13.2 Å². The van der Waals surface area contributed by atoms with Gasteiger partial charge in [0.25, 0.3) is 0 Å². The zero-order chi connectivity index (χ0) is 14.5. The lowest BCUT2D eigenvalue weighted by Gasteiger charge is -2.05. The molecule has 108 valence electrons. The van der Waals surface area contributed by atoms with Crippen LogP contribution in [0, 0.1) is 0 Å². The second-order valence-electron chi connectivity index (χ2n) is 3.46. The van der Waals surface area contributed by atoms with Crippen molar-refractivity contribution in [2.45, 2.75) is 19.5 Å². The highest BCUT2D eigenvalue weighted by atomic mass is 19.4. The van der Waals surface area contributed by atoms with Crippen LogP contribution in [-0.4, -0.2) is 37.0 Å². The predicted molar refractivity (Wildman–Crippen MR) is 57.4 cm³/mol. The van der Waals surface area contributed by atoms with Crippen molar-refractivity contribution in [2.24, 2.45) is 0 Å². The fourth-order valence-electron chi connectivity index (χ4n) is 1.18. The largest absolute Gasteiger partial charge is 0.461 e. The molecule has 0 atom stereocenters. The summed E-state index contributed by atoms with van der Waals surface area (Å²) in [7, 11) is 0. The number of ether oxygens (including phenoxy) is 2. The fourth-order valence-corrected chi connectivity index (χ4v) is 1.18. The Hall–Kier alpha value is -1.77. The van der Waals surface area contributed by atoms with E-state index in [1.807, 2.05) is 0 Å². The van der Waals surface area contributed by atoms with Gasteiger partial charge < -0.3 is 19.6 Å². The van der Waals surface area contributed by atoms with Crippen LogP contribution in [0.4, 0.5) is 19.1 Å². The molecule has 1 rings (SSSR count). The molecule has 0 aliphatic carbocycles.